The second kappa shape index (κ2) is 6.14. The molecular weight excluding hydrogens is 312 g/mol. The first kappa shape index (κ1) is 15.7. The average Bonchev–Trinajstić information content (AvgIpc) is 2.92. The third kappa shape index (κ3) is 3.28. The van der Waals surface area contributed by atoms with Gasteiger partial charge in [0.05, 0.1) is 6.04 Å². The minimum atomic E-state index is -3.73. The Labute approximate surface area is 135 Å². The van der Waals surface area contributed by atoms with Crippen molar-refractivity contribution in [1.29, 1.82) is 0 Å². The van der Waals surface area contributed by atoms with E-state index in [4.69, 9.17) is 5.14 Å². The third-order valence-electron chi connectivity index (χ3n) is 4.13. The Bertz CT molecular complexity index is 752. The summed E-state index contributed by atoms with van der Waals surface area (Å²) in [6, 6.07) is 18.9. The van der Waals surface area contributed by atoms with Gasteiger partial charge in [-0.05, 0) is 11.1 Å². The van der Waals surface area contributed by atoms with Crippen molar-refractivity contribution in [1.82, 2.24) is 4.90 Å². The van der Waals surface area contributed by atoms with Crippen LogP contribution in [0.15, 0.2) is 60.7 Å². The standard InChI is InChI=1S/C17H18N2O3S/c18-23(21,22)15-11-16(20)19(12-15)17(13-7-3-1-4-8-13)14-9-5-2-6-10-14/h1-10,15,17H,11-12H2,(H2,18,21,22). The molecule has 1 saturated heterocycles. The maximum absolute atomic E-state index is 12.4. The quantitative estimate of drug-likeness (QED) is 0.926. The number of rotatable bonds is 4. The fraction of sp³-hybridized carbons (Fsp3) is 0.235. The largest absolute Gasteiger partial charge is 0.330 e. The minimum Gasteiger partial charge on any atom is -0.330 e. The Morgan fingerprint density at radius 1 is 0.957 bits per heavy atom. The van der Waals surface area contributed by atoms with Crippen LogP contribution in [0, 0.1) is 0 Å². The van der Waals surface area contributed by atoms with E-state index in [0.29, 0.717) is 0 Å². The number of benzene rings is 2. The predicted molar refractivity (Wildman–Crippen MR) is 88.0 cm³/mol. The minimum absolute atomic E-state index is 0.0605. The zero-order valence-electron chi connectivity index (χ0n) is 12.5. The number of nitrogens with zero attached hydrogens (tertiary/aromatic N) is 1. The number of nitrogens with two attached hydrogens (primary N) is 1. The molecule has 5 nitrogen and oxygen atoms in total. The summed E-state index contributed by atoms with van der Waals surface area (Å²) >= 11 is 0. The molecule has 1 atom stereocenters. The van der Waals surface area contributed by atoms with Gasteiger partial charge in [-0.3, -0.25) is 4.79 Å². The maximum Gasteiger partial charge on any atom is 0.224 e. The molecule has 1 heterocycles. The van der Waals surface area contributed by atoms with E-state index < -0.39 is 15.3 Å². The highest BCUT2D eigenvalue weighted by molar-refractivity contribution is 7.89. The number of carbonyl (C=O) groups is 1. The molecule has 0 bridgehead atoms. The lowest BCUT2D eigenvalue weighted by atomic mass is 9.97. The van der Waals surface area contributed by atoms with Gasteiger partial charge in [0.25, 0.3) is 0 Å². The van der Waals surface area contributed by atoms with Crippen LogP contribution in [-0.4, -0.2) is 31.0 Å². The summed E-state index contributed by atoms with van der Waals surface area (Å²) in [5.74, 6) is -0.193. The molecular formula is C17H18N2O3S. The molecule has 0 aromatic heterocycles. The molecule has 120 valence electrons. The van der Waals surface area contributed by atoms with Crippen LogP contribution in [0.3, 0.4) is 0 Å². The summed E-state index contributed by atoms with van der Waals surface area (Å²) in [6.45, 7) is 0.117. The average molecular weight is 330 g/mol. The SMILES string of the molecule is NS(=O)(=O)C1CC(=O)N(C(c2ccccc2)c2ccccc2)C1. The van der Waals surface area contributed by atoms with Crippen molar-refractivity contribution < 1.29 is 13.2 Å². The first-order valence-corrected chi connectivity index (χ1v) is 8.99. The fourth-order valence-electron chi connectivity index (χ4n) is 2.99. The van der Waals surface area contributed by atoms with Crippen LogP contribution in [0.25, 0.3) is 0 Å². The van der Waals surface area contributed by atoms with Crippen LogP contribution >= 0.6 is 0 Å². The van der Waals surface area contributed by atoms with Gasteiger partial charge in [0.15, 0.2) is 0 Å². The van der Waals surface area contributed by atoms with Gasteiger partial charge in [-0.15, -0.1) is 0 Å². The van der Waals surface area contributed by atoms with Crippen LogP contribution < -0.4 is 5.14 Å². The Morgan fingerprint density at radius 3 is 1.83 bits per heavy atom. The van der Waals surface area contributed by atoms with Gasteiger partial charge in [0, 0.05) is 13.0 Å². The van der Waals surface area contributed by atoms with Crippen molar-refractivity contribution in [2.24, 2.45) is 5.14 Å². The van der Waals surface area contributed by atoms with Gasteiger partial charge in [0.2, 0.25) is 15.9 Å². The van der Waals surface area contributed by atoms with E-state index in [1.807, 2.05) is 60.7 Å². The molecule has 0 radical (unpaired) electrons. The number of sulfonamides is 1. The summed E-state index contributed by atoms with van der Waals surface area (Å²) in [5, 5.41) is 4.39. The molecule has 2 N–H and O–H groups in total. The molecule has 1 fully saturated rings. The van der Waals surface area contributed by atoms with E-state index in [-0.39, 0.29) is 24.9 Å². The monoisotopic (exact) mass is 330 g/mol. The van der Waals surface area contributed by atoms with Crippen molar-refractivity contribution >= 4 is 15.9 Å². The second-order valence-electron chi connectivity index (χ2n) is 5.69. The van der Waals surface area contributed by atoms with E-state index in [1.54, 1.807) is 4.90 Å². The van der Waals surface area contributed by atoms with Crippen molar-refractivity contribution in [3.8, 4) is 0 Å². The summed E-state index contributed by atoms with van der Waals surface area (Å²) in [6.07, 6.45) is -0.0605. The highest BCUT2D eigenvalue weighted by atomic mass is 32.2. The molecule has 23 heavy (non-hydrogen) atoms. The Balaban J connectivity index is 2.02. The number of primary sulfonamides is 1. The molecule has 1 aliphatic rings. The lowest BCUT2D eigenvalue weighted by Crippen LogP contribution is -2.34. The van der Waals surface area contributed by atoms with E-state index in [2.05, 4.69) is 0 Å². The Kier molecular flexibility index (Phi) is 4.19. The summed E-state index contributed by atoms with van der Waals surface area (Å²) in [4.78, 5) is 14.0. The first-order chi connectivity index (χ1) is 11.0. The summed E-state index contributed by atoms with van der Waals surface area (Å²) < 4.78 is 23.2. The van der Waals surface area contributed by atoms with Crippen LogP contribution in [0.4, 0.5) is 0 Å². The van der Waals surface area contributed by atoms with Crippen LogP contribution in [0.1, 0.15) is 23.6 Å². The number of likely N-dealkylation sites (tertiary alicyclic amines) is 1. The van der Waals surface area contributed by atoms with E-state index in [1.165, 1.54) is 0 Å². The second-order valence-corrected chi connectivity index (χ2v) is 7.53. The van der Waals surface area contributed by atoms with Crippen LogP contribution in [0.2, 0.25) is 0 Å². The van der Waals surface area contributed by atoms with Gasteiger partial charge >= 0.3 is 0 Å². The zero-order valence-corrected chi connectivity index (χ0v) is 13.3. The molecule has 2 aromatic carbocycles. The molecule has 1 unspecified atom stereocenters. The zero-order chi connectivity index (χ0) is 16.4. The van der Waals surface area contributed by atoms with Crippen LogP contribution in [0.5, 0.6) is 0 Å². The first-order valence-electron chi connectivity index (χ1n) is 7.38. The lowest BCUT2D eigenvalue weighted by Gasteiger charge is -2.29. The van der Waals surface area contributed by atoms with Crippen molar-refractivity contribution in [3.63, 3.8) is 0 Å². The fourth-order valence-corrected chi connectivity index (χ4v) is 3.73. The molecule has 1 aliphatic heterocycles. The molecule has 1 amide bonds. The Hall–Kier alpha value is -2.18. The lowest BCUT2D eigenvalue weighted by molar-refractivity contribution is -0.129. The normalized spacial score (nSPS) is 18.6. The third-order valence-corrected chi connectivity index (χ3v) is 5.37. The van der Waals surface area contributed by atoms with Crippen molar-refractivity contribution in [2.75, 3.05) is 6.54 Å². The summed E-state index contributed by atoms with van der Waals surface area (Å²) in [7, 11) is -3.73. The number of hydrogen-bond acceptors (Lipinski definition) is 3. The number of amides is 1. The Morgan fingerprint density at radius 2 is 1.43 bits per heavy atom. The predicted octanol–water partition coefficient (Wildman–Crippen LogP) is 1.67. The molecule has 0 saturated carbocycles. The van der Waals surface area contributed by atoms with Crippen molar-refractivity contribution in [2.45, 2.75) is 17.7 Å². The molecule has 0 aliphatic carbocycles. The number of hydrogen-bond donors (Lipinski definition) is 1. The molecule has 2 aromatic rings. The number of carbonyl (C=O) groups excluding carboxylic acids is 1. The topological polar surface area (TPSA) is 80.5 Å². The highest BCUT2D eigenvalue weighted by Crippen LogP contribution is 2.33. The van der Waals surface area contributed by atoms with E-state index in [9.17, 15) is 13.2 Å². The van der Waals surface area contributed by atoms with E-state index >= 15 is 0 Å². The molecule has 0 spiro atoms. The van der Waals surface area contributed by atoms with Crippen LogP contribution in [-0.2, 0) is 14.8 Å². The van der Waals surface area contributed by atoms with Gasteiger partial charge < -0.3 is 4.90 Å². The summed E-state index contributed by atoms with van der Waals surface area (Å²) in [5.41, 5.74) is 1.89. The van der Waals surface area contributed by atoms with Gasteiger partial charge in [-0.1, -0.05) is 60.7 Å². The smallest absolute Gasteiger partial charge is 0.224 e. The van der Waals surface area contributed by atoms with Gasteiger partial charge in [0.1, 0.15) is 5.25 Å². The highest BCUT2D eigenvalue weighted by Gasteiger charge is 2.40. The molecule has 3 rings (SSSR count). The molecule has 6 heteroatoms. The van der Waals surface area contributed by atoms with Gasteiger partial charge in [-0.25, -0.2) is 13.6 Å². The maximum atomic E-state index is 12.4. The van der Waals surface area contributed by atoms with Crippen molar-refractivity contribution in [3.05, 3.63) is 71.8 Å². The van der Waals surface area contributed by atoms with E-state index in [0.717, 1.165) is 11.1 Å². The van der Waals surface area contributed by atoms with Gasteiger partial charge in [-0.2, -0.15) is 0 Å².